The molecular weight excluding hydrogens is 180 g/mol. The highest BCUT2D eigenvalue weighted by Gasteiger charge is 2.55. The summed E-state index contributed by atoms with van der Waals surface area (Å²) in [5.74, 6) is -4.97. The Bertz CT molecular complexity index is 244. The maximum atomic E-state index is 13.2. The van der Waals surface area contributed by atoms with E-state index in [1.807, 2.05) is 0 Å². The molecule has 0 unspecified atom stereocenters. The lowest BCUT2D eigenvalue weighted by Crippen LogP contribution is -2.63. The molecule has 3 nitrogen and oxygen atoms in total. The second-order valence-corrected chi connectivity index (χ2v) is 3.83. The highest BCUT2D eigenvalue weighted by molar-refractivity contribution is 5.74. The molecule has 0 aromatic rings. The number of hydrogen-bond acceptors (Lipinski definition) is 2. The molecule has 0 aromatic heterocycles. The molecule has 2 bridgehead atoms. The normalized spacial score (nSPS) is 41.8. The van der Waals surface area contributed by atoms with E-state index in [1.165, 1.54) is 0 Å². The Morgan fingerprint density at radius 2 is 2.15 bits per heavy atom. The van der Waals surface area contributed by atoms with Gasteiger partial charge in [-0.1, -0.05) is 0 Å². The summed E-state index contributed by atoms with van der Waals surface area (Å²) in [4.78, 5) is 10.6. The van der Waals surface area contributed by atoms with Gasteiger partial charge in [0.25, 0.3) is 5.92 Å². The molecule has 0 spiro atoms. The largest absolute Gasteiger partial charge is 0.480 e. The number of carboxylic acid groups (broad SMARTS) is 1. The molecule has 1 aliphatic carbocycles. The van der Waals surface area contributed by atoms with Crippen LogP contribution in [0.1, 0.15) is 19.3 Å². The van der Waals surface area contributed by atoms with Crippen LogP contribution in [0.2, 0.25) is 0 Å². The highest BCUT2D eigenvalue weighted by atomic mass is 19.3. The van der Waals surface area contributed by atoms with Crippen molar-refractivity contribution >= 4 is 5.97 Å². The van der Waals surface area contributed by atoms with Gasteiger partial charge in [0, 0.05) is 18.4 Å². The van der Waals surface area contributed by atoms with Gasteiger partial charge in [-0.05, 0) is 12.8 Å². The van der Waals surface area contributed by atoms with E-state index in [2.05, 4.69) is 5.32 Å². The first-order valence-corrected chi connectivity index (χ1v) is 4.37. The van der Waals surface area contributed by atoms with Gasteiger partial charge in [0.1, 0.15) is 6.04 Å². The van der Waals surface area contributed by atoms with Gasteiger partial charge in [-0.3, -0.25) is 4.79 Å². The number of piperidine rings is 2. The van der Waals surface area contributed by atoms with Crippen LogP contribution in [0.5, 0.6) is 0 Å². The van der Waals surface area contributed by atoms with Crippen molar-refractivity contribution < 1.29 is 18.7 Å². The van der Waals surface area contributed by atoms with Crippen molar-refractivity contribution in [3.63, 3.8) is 0 Å². The number of nitrogens with one attached hydrogen (secondary N) is 1. The van der Waals surface area contributed by atoms with Crippen molar-refractivity contribution in [2.45, 2.75) is 37.3 Å². The standard InChI is InChI=1S/C8H11F2NO2/c9-8(10)3-4-1-2-5(8)6(11-4)7(12)13/h4-6,11H,1-3H2,(H,12,13)/t4-,5+,6+/m0/s1. The molecule has 2 N–H and O–H groups in total. The van der Waals surface area contributed by atoms with Crippen LogP contribution in [0.4, 0.5) is 8.78 Å². The SMILES string of the molecule is O=C(O)[C@@H]1N[C@H]2CC[C@H]1C(F)(F)C2. The van der Waals surface area contributed by atoms with E-state index in [4.69, 9.17) is 5.11 Å². The van der Waals surface area contributed by atoms with Crippen LogP contribution in [0.25, 0.3) is 0 Å². The number of carboxylic acids is 1. The average Bonchev–Trinajstić information content (AvgIpc) is 2.02. The smallest absolute Gasteiger partial charge is 0.321 e. The molecule has 13 heavy (non-hydrogen) atoms. The lowest BCUT2D eigenvalue weighted by Gasteiger charge is -2.46. The molecule has 3 aliphatic rings. The number of fused-ring (bicyclic) bond motifs is 3. The maximum Gasteiger partial charge on any atom is 0.321 e. The van der Waals surface area contributed by atoms with Crippen LogP contribution >= 0.6 is 0 Å². The molecule has 3 atom stereocenters. The van der Waals surface area contributed by atoms with Gasteiger partial charge < -0.3 is 10.4 Å². The summed E-state index contributed by atoms with van der Waals surface area (Å²) in [5, 5.41) is 11.4. The summed E-state index contributed by atoms with van der Waals surface area (Å²) < 4.78 is 26.4. The predicted molar refractivity (Wildman–Crippen MR) is 40.6 cm³/mol. The molecule has 0 amide bonds. The van der Waals surface area contributed by atoms with E-state index in [0.717, 1.165) is 0 Å². The Morgan fingerprint density at radius 3 is 2.54 bits per heavy atom. The minimum atomic E-state index is -2.79. The van der Waals surface area contributed by atoms with E-state index >= 15 is 0 Å². The molecule has 74 valence electrons. The Labute approximate surface area is 74.1 Å². The zero-order valence-electron chi connectivity index (χ0n) is 6.96. The summed E-state index contributed by atoms with van der Waals surface area (Å²) in [6, 6.07) is -1.37. The molecule has 0 radical (unpaired) electrons. The van der Waals surface area contributed by atoms with Crippen molar-refractivity contribution in [2.75, 3.05) is 0 Å². The summed E-state index contributed by atoms with van der Waals surface area (Å²) >= 11 is 0. The van der Waals surface area contributed by atoms with Gasteiger partial charge in [0.15, 0.2) is 0 Å². The third-order valence-corrected chi connectivity index (χ3v) is 2.97. The minimum absolute atomic E-state index is 0.207. The van der Waals surface area contributed by atoms with Crippen LogP contribution in [0.15, 0.2) is 0 Å². The summed E-state index contributed by atoms with van der Waals surface area (Å²) in [6.07, 6.45) is 0.785. The van der Waals surface area contributed by atoms with Gasteiger partial charge in [-0.25, -0.2) is 8.78 Å². The van der Waals surface area contributed by atoms with Crippen LogP contribution in [-0.4, -0.2) is 29.1 Å². The number of carbonyl (C=O) groups is 1. The summed E-state index contributed by atoms with van der Waals surface area (Å²) in [5.41, 5.74) is 0. The van der Waals surface area contributed by atoms with Crippen molar-refractivity contribution in [1.29, 1.82) is 0 Å². The lowest BCUT2D eigenvalue weighted by atomic mass is 9.73. The van der Waals surface area contributed by atoms with Crippen molar-refractivity contribution in [3.8, 4) is 0 Å². The Kier molecular flexibility index (Phi) is 1.80. The third kappa shape index (κ3) is 1.31. The fraction of sp³-hybridized carbons (Fsp3) is 0.875. The fourth-order valence-corrected chi connectivity index (χ4v) is 2.34. The van der Waals surface area contributed by atoms with Crippen molar-refractivity contribution in [3.05, 3.63) is 0 Å². The van der Waals surface area contributed by atoms with Crippen molar-refractivity contribution in [2.24, 2.45) is 5.92 Å². The quantitative estimate of drug-likeness (QED) is 0.646. The molecule has 2 heterocycles. The van der Waals surface area contributed by atoms with Gasteiger partial charge in [0.05, 0.1) is 0 Å². The van der Waals surface area contributed by atoms with Crippen molar-refractivity contribution in [1.82, 2.24) is 5.32 Å². The number of halogens is 2. The topological polar surface area (TPSA) is 49.3 Å². The Hall–Kier alpha value is -0.710. The molecule has 1 saturated carbocycles. The average molecular weight is 191 g/mol. The van der Waals surface area contributed by atoms with E-state index in [-0.39, 0.29) is 12.5 Å². The van der Waals surface area contributed by atoms with E-state index in [9.17, 15) is 13.6 Å². The summed E-state index contributed by atoms with van der Waals surface area (Å²) in [7, 11) is 0. The number of rotatable bonds is 1. The predicted octanol–water partition coefficient (Wildman–Crippen LogP) is 0.847. The first kappa shape index (κ1) is 8.87. The number of aliphatic carboxylic acids is 1. The highest BCUT2D eigenvalue weighted by Crippen LogP contribution is 2.44. The maximum absolute atomic E-state index is 13.2. The van der Waals surface area contributed by atoms with Crippen LogP contribution in [0, 0.1) is 5.92 Å². The first-order valence-electron chi connectivity index (χ1n) is 4.37. The first-order chi connectivity index (χ1) is 6.00. The van der Waals surface area contributed by atoms with Crippen LogP contribution < -0.4 is 5.32 Å². The van der Waals surface area contributed by atoms with Gasteiger partial charge in [0.2, 0.25) is 0 Å². The van der Waals surface area contributed by atoms with Crippen LogP contribution in [-0.2, 0) is 4.79 Å². The molecule has 3 fully saturated rings. The van der Waals surface area contributed by atoms with Crippen LogP contribution in [0.3, 0.4) is 0 Å². The molecular formula is C8H11F2NO2. The molecule has 5 heteroatoms. The summed E-state index contributed by atoms with van der Waals surface area (Å²) in [6.45, 7) is 0. The Balaban J connectivity index is 2.22. The monoisotopic (exact) mass is 191 g/mol. The lowest BCUT2D eigenvalue weighted by molar-refractivity contribution is -0.165. The fourth-order valence-electron chi connectivity index (χ4n) is 2.34. The second kappa shape index (κ2) is 2.64. The molecule has 0 aromatic carbocycles. The number of hydrogen-bond donors (Lipinski definition) is 2. The zero-order valence-corrected chi connectivity index (χ0v) is 6.96. The second-order valence-electron chi connectivity index (χ2n) is 3.83. The minimum Gasteiger partial charge on any atom is -0.480 e. The van der Waals surface area contributed by atoms with Gasteiger partial charge in [-0.2, -0.15) is 0 Å². The molecule has 3 rings (SSSR count). The number of alkyl halides is 2. The van der Waals surface area contributed by atoms with Gasteiger partial charge >= 0.3 is 5.97 Å². The van der Waals surface area contributed by atoms with E-state index in [0.29, 0.717) is 12.8 Å². The van der Waals surface area contributed by atoms with Gasteiger partial charge in [-0.15, -0.1) is 0 Å². The molecule has 2 aliphatic heterocycles. The van der Waals surface area contributed by atoms with E-state index < -0.39 is 23.9 Å². The third-order valence-electron chi connectivity index (χ3n) is 2.97. The zero-order chi connectivity index (χ0) is 9.64. The van der Waals surface area contributed by atoms with E-state index in [1.54, 1.807) is 0 Å². The Morgan fingerprint density at radius 1 is 1.46 bits per heavy atom. The molecule has 2 saturated heterocycles.